The van der Waals surface area contributed by atoms with Crippen LogP contribution in [0, 0.1) is 0 Å². The molecule has 2 aromatic carbocycles. The molecule has 0 atom stereocenters. The molecule has 62 valence electrons. The van der Waals surface area contributed by atoms with E-state index in [0.29, 0.717) is 0 Å². The van der Waals surface area contributed by atoms with Gasteiger partial charge in [-0.3, -0.25) is 0 Å². The van der Waals surface area contributed by atoms with E-state index in [4.69, 9.17) is 0 Å². The summed E-state index contributed by atoms with van der Waals surface area (Å²) in [5.74, 6) is 0. The average molecular weight is 164 g/mol. The molecule has 0 aliphatic rings. The fraction of sp³-hybridized carbons (Fsp3) is 0.167. The van der Waals surface area contributed by atoms with Gasteiger partial charge in [-0.15, -0.1) is 0 Å². The maximum Gasteiger partial charge on any atom is 1.00 e. The molecule has 0 heterocycles. The average Bonchev–Trinajstić information content (AvgIpc) is 2.17. The van der Waals surface area contributed by atoms with E-state index in [9.17, 15) is 0 Å². The van der Waals surface area contributed by atoms with Crippen LogP contribution in [0.25, 0.3) is 10.8 Å². The third-order valence-electron chi connectivity index (χ3n) is 2.26. The van der Waals surface area contributed by atoms with Gasteiger partial charge in [-0.05, 0) is 22.8 Å². The van der Waals surface area contributed by atoms with Crippen molar-refractivity contribution in [1.82, 2.24) is 0 Å². The Hall–Kier alpha value is -0.703. The van der Waals surface area contributed by atoms with Gasteiger partial charge in [0.2, 0.25) is 0 Å². The molecule has 2 rings (SSSR count). The van der Waals surface area contributed by atoms with E-state index in [1.807, 2.05) is 0 Å². The van der Waals surface area contributed by atoms with Gasteiger partial charge in [0.25, 0.3) is 0 Å². The molecule has 0 fully saturated rings. The van der Waals surface area contributed by atoms with E-state index in [1.165, 1.54) is 16.3 Å². The number of benzene rings is 2. The molecule has 2 aromatic rings. The van der Waals surface area contributed by atoms with Crippen molar-refractivity contribution in [3.8, 4) is 0 Å². The Morgan fingerprint density at radius 2 is 1.69 bits per heavy atom. The van der Waals surface area contributed by atoms with Crippen LogP contribution in [-0.2, 0) is 6.42 Å². The Morgan fingerprint density at radius 3 is 2.46 bits per heavy atom. The minimum absolute atomic E-state index is 0. The molecule has 0 saturated heterocycles. The molecule has 0 amide bonds. The first-order valence-electron chi connectivity index (χ1n) is 4.38. The number of rotatable bonds is 1. The van der Waals surface area contributed by atoms with E-state index in [-0.39, 0.29) is 20.3 Å². The van der Waals surface area contributed by atoms with Gasteiger partial charge >= 0.3 is 18.9 Å². The largest absolute Gasteiger partial charge is 1.00 e. The summed E-state index contributed by atoms with van der Waals surface area (Å²) in [6.45, 7) is 2.20. The van der Waals surface area contributed by atoms with E-state index in [1.54, 1.807) is 0 Å². The molecule has 1 heteroatoms. The van der Waals surface area contributed by atoms with Crippen molar-refractivity contribution in [2.24, 2.45) is 0 Å². The van der Waals surface area contributed by atoms with Gasteiger partial charge in [0, 0.05) is 0 Å². The first-order chi connectivity index (χ1) is 5.92. The summed E-state index contributed by atoms with van der Waals surface area (Å²) in [6, 6.07) is 15.0. The van der Waals surface area contributed by atoms with Crippen LogP contribution in [0.4, 0.5) is 0 Å². The van der Waals surface area contributed by atoms with Gasteiger partial charge in [-0.1, -0.05) is 49.4 Å². The van der Waals surface area contributed by atoms with Crippen molar-refractivity contribution in [3.63, 3.8) is 0 Å². The molecule has 0 aromatic heterocycles. The molecule has 0 nitrogen and oxygen atoms in total. The molecule has 0 unspecified atom stereocenters. The summed E-state index contributed by atoms with van der Waals surface area (Å²) in [5, 5.41) is 2.74. The van der Waals surface area contributed by atoms with Gasteiger partial charge in [-0.2, -0.15) is 0 Å². The molecule has 0 spiro atoms. The summed E-state index contributed by atoms with van der Waals surface area (Å²) in [7, 11) is 0. The summed E-state index contributed by atoms with van der Waals surface area (Å²) in [4.78, 5) is 0. The number of aryl methyl sites for hydroxylation is 1. The Morgan fingerprint density at radius 1 is 1.00 bits per heavy atom. The molecule has 0 aliphatic heterocycles. The van der Waals surface area contributed by atoms with E-state index < -0.39 is 0 Å². The fourth-order valence-electron chi connectivity index (χ4n) is 1.60. The normalized spacial score (nSPS) is 9.62. The van der Waals surface area contributed by atoms with Crippen LogP contribution < -0.4 is 18.9 Å². The molecule has 0 aliphatic carbocycles. The first-order valence-corrected chi connectivity index (χ1v) is 4.38. The maximum atomic E-state index is 2.20. The maximum absolute atomic E-state index is 2.20. The van der Waals surface area contributed by atoms with Gasteiger partial charge < -0.3 is 1.43 Å². The zero-order chi connectivity index (χ0) is 8.39. The van der Waals surface area contributed by atoms with Crippen molar-refractivity contribution < 1.29 is 20.3 Å². The Kier molecular flexibility index (Phi) is 3.60. The molecule has 13 heavy (non-hydrogen) atoms. The first kappa shape index (κ1) is 10.4. The van der Waals surface area contributed by atoms with Crippen LogP contribution in [0.15, 0.2) is 42.5 Å². The van der Waals surface area contributed by atoms with Gasteiger partial charge in [0.15, 0.2) is 0 Å². The van der Waals surface area contributed by atoms with Crippen LogP contribution in [0.3, 0.4) is 0 Å². The third kappa shape index (κ3) is 1.96. The van der Waals surface area contributed by atoms with E-state index in [2.05, 4.69) is 49.4 Å². The smallest absolute Gasteiger partial charge is 1.00 e. The fourth-order valence-corrected chi connectivity index (χ4v) is 1.60. The summed E-state index contributed by atoms with van der Waals surface area (Å²) < 4.78 is 0. The molecule has 0 N–H and O–H groups in total. The monoisotopic (exact) mass is 164 g/mol. The second-order valence-electron chi connectivity index (χ2n) is 2.99. The van der Waals surface area contributed by atoms with Crippen molar-refractivity contribution in [3.05, 3.63) is 48.0 Å². The number of fused-ring (bicyclic) bond motifs is 1. The van der Waals surface area contributed by atoms with Crippen molar-refractivity contribution in [2.75, 3.05) is 0 Å². The van der Waals surface area contributed by atoms with Crippen LogP contribution in [0.1, 0.15) is 13.9 Å². The van der Waals surface area contributed by atoms with Crippen molar-refractivity contribution in [2.45, 2.75) is 13.3 Å². The summed E-state index contributed by atoms with van der Waals surface area (Å²) in [6.07, 6.45) is 1.11. The predicted molar refractivity (Wildman–Crippen MR) is 54.4 cm³/mol. The second-order valence-corrected chi connectivity index (χ2v) is 2.99. The number of hydrogen-bond donors (Lipinski definition) is 0. The molecular weight excluding hydrogens is 151 g/mol. The SMILES string of the molecule is CCc1cccc2ccccc12.[H-].[Li+]. The second kappa shape index (κ2) is 4.51. The minimum Gasteiger partial charge on any atom is -1.00 e. The van der Waals surface area contributed by atoms with Gasteiger partial charge in [0.1, 0.15) is 0 Å². The van der Waals surface area contributed by atoms with Crippen LogP contribution in [-0.4, -0.2) is 0 Å². The van der Waals surface area contributed by atoms with Gasteiger partial charge in [-0.25, -0.2) is 0 Å². The molecular formula is C12H13Li. The van der Waals surface area contributed by atoms with Gasteiger partial charge in [0.05, 0.1) is 0 Å². The van der Waals surface area contributed by atoms with Crippen LogP contribution >= 0.6 is 0 Å². The zero-order valence-electron chi connectivity index (χ0n) is 9.25. The van der Waals surface area contributed by atoms with E-state index >= 15 is 0 Å². The molecule has 0 saturated carbocycles. The van der Waals surface area contributed by atoms with Crippen LogP contribution in [0.2, 0.25) is 0 Å². The van der Waals surface area contributed by atoms with Crippen molar-refractivity contribution >= 4 is 10.8 Å². The summed E-state index contributed by atoms with van der Waals surface area (Å²) in [5.41, 5.74) is 1.44. The zero-order valence-corrected chi connectivity index (χ0v) is 8.25. The Labute approximate surface area is 92.6 Å². The Balaban J connectivity index is 0.000000845. The quantitative estimate of drug-likeness (QED) is 0.539. The number of hydrogen-bond acceptors (Lipinski definition) is 0. The van der Waals surface area contributed by atoms with Crippen molar-refractivity contribution in [1.29, 1.82) is 0 Å². The topological polar surface area (TPSA) is 0 Å². The molecule has 0 bridgehead atoms. The third-order valence-corrected chi connectivity index (χ3v) is 2.26. The minimum atomic E-state index is 0. The molecule has 0 radical (unpaired) electrons. The standard InChI is InChI=1S/C12H12.Li.H/c1-2-10-7-5-8-11-6-3-4-9-12(10)11;;/h3-9H,2H2,1H3;;/q;+1;-1. The van der Waals surface area contributed by atoms with E-state index in [0.717, 1.165) is 6.42 Å². The van der Waals surface area contributed by atoms with Crippen LogP contribution in [0.5, 0.6) is 0 Å². The summed E-state index contributed by atoms with van der Waals surface area (Å²) >= 11 is 0. The predicted octanol–water partition coefficient (Wildman–Crippen LogP) is 0.519. The Bertz CT molecular complexity index is 393.